The van der Waals surface area contributed by atoms with Crippen molar-refractivity contribution in [3.63, 3.8) is 0 Å². The Morgan fingerprint density at radius 1 is 1.22 bits per heavy atom. The molecule has 1 aliphatic rings. The van der Waals surface area contributed by atoms with Gasteiger partial charge in [0.1, 0.15) is 0 Å². The normalized spacial score (nSPS) is 28.6. The number of carbonyl (C=O) groups is 1. The molecule has 0 aliphatic heterocycles. The van der Waals surface area contributed by atoms with E-state index in [2.05, 4.69) is 13.8 Å². The SMILES string of the molecule is CCOC(=O)C(C)(C)C1(O)CCCC(C)(C)CC1. The quantitative estimate of drug-likeness (QED) is 0.622. The summed E-state index contributed by atoms with van der Waals surface area (Å²) in [6.07, 6.45) is 4.38. The van der Waals surface area contributed by atoms with Gasteiger partial charge in [0.25, 0.3) is 0 Å². The summed E-state index contributed by atoms with van der Waals surface area (Å²) < 4.78 is 5.12. The minimum Gasteiger partial charge on any atom is -0.465 e. The first kappa shape index (κ1) is 15.5. The van der Waals surface area contributed by atoms with Gasteiger partial charge in [0.05, 0.1) is 17.6 Å². The van der Waals surface area contributed by atoms with Gasteiger partial charge in [0.15, 0.2) is 0 Å². The second-order valence-electron chi connectivity index (χ2n) is 6.89. The third kappa shape index (κ3) is 3.05. The van der Waals surface area contributed by atoms with Crippen molar-refractivity contribution < 1.29 is 14.6 Å². The van der Waals surface area contributed by atoms with Crippen molar-refractivity contribution in [1.29, 1.82) is 0 Å². The maximum Gasteiger partial charge on any atom is 0.314 e. The van der Waals surface area contributed by atoms with Gasteiger partial charge in [-0.3, -0.25) is 4.79 Å². The van der Waals surface area contributed by atoms with E-state index in [1.807, 2.05) is 13.8 Å². The first-order valence-electron chi connectivity index (χ1n) is 7.04. The zero-order valence-electron chi connectivity index (χ0n) is 12.5. The molecule has 1 rings (SSSR count). The molecule has 1 N–H and O–H groups in total. The first-order valence-corrected chi connectivity index (χ1v) is 7.04. The van der Waals surface area contributed by atoms with Gasteiger partial charge < -0.3 is 9.84 Å². The van der Waals surface area contributed by atoms with E-state index in [0.717, 1.165) is 19.3 Å². The fourth-order valence-corrected chi connectivity index (χ4v) is 2.78. The predicted molar refractivity (Wildman–Crippen MR) is 72.2 cm³/mol. The summed E-state index contributed by atoms with van der Waals surface area (Å²) in [7, 11) is 0. The Morgan fingerprint density at radius 2 is 1.83 bits per heavy atom. The van der Waals surface area contributed by atoms with Crippen molar-refractivity contribution in [3.8, 4) is 0 Å². The molecule has 0 saturated heterocycles. The molecule has 1 unspecified atom stereocenters. The minimum absolute atomic E-state index is 0.259. The van der Waals surface area contributed by atoms with E-state index >= 15 is 0 Å². The molecule has 0 heterocycles. The lowest BCUT2D eigenvalue weighted by atomic mass is 9.70. The zero-order valence-corrected chi connectivity index (χ0v) is 12.5. The van der Waals surface area contributed by atoms with Gasteiger partial charge in [-0.15, -0.1) is 0 Å². The Kier molecular flexibility index (Phi) is 4.47. The van der Waals surface area contributed by atoms with Crippen LogP contribution in [0.5, 0.6) is 0 Å². The van der Waals surface area contributed by atoms with Crippen LogP contribution in [0.3, 0.4) is 0 Å². The van der Waals surface area contributed by atoms with Gasteiger partial charge in [-0.2, -0.15) is 0 Å². The lowest BCUT2D eigenvalue weighted by Crippen LogP contribution is -2.50. The van der Waals surface area contributed by atoms with Gasteiger partial charge in [-0.05, 0) is 51.9 Å². The summed E-state index contributed by atoms with van der Waals surface area (Å²) in [5.74, 6) is -0.285. The molecule has 18 heavy (non-hydrogen) atoms. The summed E-state index contributed by atoms with van der Waals surface area (Å²) in [4.78, 5) is 12.1. The molecule has 0 radical (unpaired) electrons. The molecule has 106 valence electrons. The van der Waals surface area contributed by atoms with Crippen LogP contribution in [-0.2, 0) is 9.53 Å². The van der Waals surface area contributed by atoms with E-state index in [4.69, 9.17) is 4.74 Å². The Morgan fingerprint density at radius 3 is 2.39 bits per heavy atom. The largest absolute Gasteiger partial charge is 0.465 e. The van der Waals surface area contributed by atoms with Crippen LogP contribution in [0.1, 0.15) is 66.7 Å². The predicted octanol–water partition coefficient (Wildman–Crippen LogP) is 3.30. The number of hydrogen-bond acceptors (Lipinski definition) is 3. The van der Waals surface area contributed by atoms with Gasteiger partial charge in [-0.1, -0.05) is 20.3 Å². The maximum atomic E-state index is 12.1. The Balaban J connectivity index is 2.88. The average Bonchev–Trinajstić information content (AvgIpc) is 2.39. The number of rotatable bonds is 3. The van der Waals surface area contributed by atoms with Gasteiger partial charge >= 0.3 is 5.97 Å². The molecule has 3 nitrogen and oxygen atoms in total. The van der Waals surface area contributed by atoms with Crippen LogP contribution in [-0.4, -0.2) is 23.3 Å². The number of esters is 1. The van der Waals surface area contributed by atoms with Gasteiger partial charge in [0.2, 0.25) is 0 Å². The summed E-state index contributed by atoms with van der Waals surface area (Å²) >= 11 is 0. The molecule has 0 aromatic rings. The highest BCUT2D eigenvalue weighted by Gasteiger charge is 2.50. The van der Waals surface area contributed by atoms with Crippen LogP contribution in [0, 0.1) is 10.8 Å². The topological polar surface area (TPSA) is 46.5 Å². The fraction of sp³-hybridized carbons (Fsp3) is 0.933. The first-order chi connectivity index (χ1) is 8.15. The lowest BCUT2D eigenvalue weighted by molar-refractivity contribution is -0.173. The third-order valence-electron chi connectivity index (χ3n) is 4.61. The van der Waals surface area contributed by atoms with E-state index in [9.17, 15) is 9.90 Å². The smallest absolute Gasteiger partial charge is 0.314 e. The Bertz CT molecular complexity index is 307. The lowest BCUT2D eigenvalue weighted by Gasteiger charge is -2.40. The van der Waals surface area contributed by atoms with Crippen molar-refractivity contribution in [1.82, 2.24) is 0 Å². The number of hydrogen-bond donors (Lipinski definition) is 1. The molecule has 1 fully saturated rings. The van der Waals surface area contributed by atoms with E-state index in [1.165, 1.54) is 0 Å². The van der Waals surface area contributed by atoms with Crippen molar-refractivity contribution >= 4 is 5.97 Å². The van der Waals surface area contributed by atoms with Gasteiger partial charge in [-0.25, -0.2) is 0 Å². The number of aliphatic hydroxyl groups is 1. The Labute approximate surface area is 111 Å². The van der Waals surface area contributed by atoms with E-state index in [-0.39, 0.29) is 11.4 Å². The van der Waals surface area contributed by atoms with Gasteiger partial charge in [0, 0.05) is 0 Å². The summed E-state index contributed by atoms with van der Waals surface area (Å²) in [5, 5.41) is 10.9. The summed E-state index contributed by atoms with van der Waals surface area (Å²) in [6.45, 7) is 10.2. The van der Waals surface area contributed by atoms with Crippen LogP contribution in [0.25, 0.3) is 0 Å². The highest BCUT2D eigenvalue weighted by Crippen LogP contribution is 2.46. The molecule has 3 heteroatoms. The van der Waals surface area contributed by atoms with Crippen LogP contribution in [0.15, 0.2) is 0 Å². The van der Waals surface area contributed by atoms with E-state index in [0.29, 0.717) is 19.4 Å². The molecule has 0 aromatic carbocycles. The van der Waals surface area contributed by atoms with Crippen LogP contribution < -0.4 is 0 Å². The molecule has 0 bridgehead atoms. The van der Waals surface area contributed by atoms with Crippen molar-refractivity contribution in [3.05, 3.63) is 0 Å². The highest BCUT2D eigenvalue weighted by molar-refractivity contribution is 5.77. The molecular weight excluding hydrogens is 228 g/mol. The standard InChI is InChI=1S/C15H28O3/c1-6-18-12(16)14(4,5)15(17)9-7-8-13(2,3)10-11-15/h17H,6-11H2,1-5H3. The van der Waals surface area contributed by atoms with Crippen LogP contribution >= 0.6 is 0 Å². The molecule has 0 spiro atoms. The van der Waals surface area contributed by atoms with Crippen molar-refractivity contribution in [2.75, 3.05) is 6.61 Å². The van der Waals surface area contributed by atoms with Crippen LogP contribution in [0.2, 0.25) is 0 Å². The zero-order chi connectivity index (χ0) is 14.0. The molecular formula is C15H28O3. The Hall–Kier alpha value is -0.570. The minimum atomic E-state index is -0.937. The monoisotopic (exact) mass is 256 g/mol. The third-order valence-corrected chi connectivity index (χ3v) is 4.61. The van der Waals surface area contributed by atoms with Crippen LogP contribution in [0.4, 0.5) is 0 Å². The molecule has 0 amide bonds. The maximum absolute atomic E-state index is 12.1. The molecule has 1 aliphatic carbocycles. The summed E-state index contributed by atoms with van der Waals surface area (Å²) in [6, 6.07) is 0. The van der Waals surface area contributed by atoms with Crippen molar-refractivity contribution in [2.24, 2.45) is 10.8 Å². The van der Waals surface area contributed by atoms with Crippen molar-refractivity contribution in [2.45, 2.75) is 72.3 Å². The summed E-state index contributed by atoms with van der Waals surface area (Å²) in [5.41, 5.74) is -1.51. The highest BCUT2D eigenvalue weighted by atomic mass is 16.5. The molecule has 1 saturated carbocycles. The second-order valence-corrected chi connectivity index (χ2v) is 6.89. The number of ether oxygens (including phenoxy) is 1. The fourth-order valence-electron chi connectivity index (χ4n) is 2.78. The molecule has 0 aromatic heterocycles. The average molecular weight is 256 g/mol. The molecule has 1 atom stereocenters. The van der Waals surface area contributed by atoms with E-state index in [1.54, 1.807) is 6.92 Å². The van der Waals surface area contributed by atoms with E-state index < -0.39 is 11.0 Å². The second kappa shape index (κ2) is 5.20. The number of carbonyl (C=O) groups excluding carboxylic acids is 1.